The Bertz CT molecular complexity index is 708. The number of hydrogen-bond acceptors (Lipinski definition) is 2. The van der Waals surface area contributed by atoms with Crippen LogP contribution in [0.2, 0.25) is 0 Å². The Balaban J connectivity index is 1.91. The first-order chi connectivity index (χ1) is 10.6. The number of carbonyl (C=O) groups excluding carboxylic acids is 1. The van der Waals surface area contributed by atoms with Gasteiger partial charge in [0, 0.05) is 17.2 Å². The number of ether oxygens (including phenoxy) is 1. The summed E-state index contributed by atoms with van der Waals surface area (Å²) in [5.41, 5.74) is 3.72. The zero-order valence-electron chi connectivity index (χ0n) is 13.2. The van der Waals surface area contributed by atoms with E-state index in [1.807, 2.05) is 49.4 Å². The van der Waals surface area contributed by atoms with E-state index in [9.17, 15) is 4.79 Å². The molecule has 1 N–H and O–H groups in total. The molecular weight excluding hydrogens is 274 g/mol. The number of carbonyl (C=O) groups is 1. The summed E-state index contributed by atoms with van der Waals surface area (Å²) in [4.78, 5) is 12.7. The Morgan fingerprint density at radius 2 is 1.91 bits per heavy atom. The third-order valence-corrected chi connectivity index (χ3v) is 4.44. The zero-order valence-corrected chi connectivity index (χ0v) is 13.2. The van der Waals surface area contributed by atoms with E-state index >= 15 is 0 Å². The van der Waals surface area contributed by atoms with Gasteiger partial charge in [-0.1, -0.05) is 44.2 Å². The van der Waals surface area contributed by atoms with Crippen LogP contribution in [0.5, 0.6) is 5.75 Å². The number of amides is 1. The van der Waals surface area contributed by atoms with Gasteiger partial charge >= 0.3 is 0 Å². The summed E-state index contributed by atoms with van der Waals surface area (Å²) in [6.45, 7) is 6.25. The Labute approximate surface area is 131 Å². The molecule has 0 radical (unpaired) electrons. The van der Waals surface area contributed by atoms with Crippen LogP contribution in [0.15, 0.2) is 42.5 Å². The van der Waals surface area contributed by atoms with Crippen LogP contribution in [0.3, 0.4) is 0 Å². The number of anilines is 1. The molecule has 1 aliphatic heterocycles. The number of aryl methyl sites for hydroxylation is 1. The highest BCUT2D eigenvalue weighted by Crippen LogP contribution is 2.40. The van der Waals surface area contributed by atoms with Gasteiger partial charge in [0.2, 0.25) is 0 Å². The summed E-state index contributed by atoms with van der Waals surface area (Å²) >= 11 is 0. The van der Waals surface area contributed by atoms with Crippen LogP contribution >= 0.6 is 0 Å². The second-order valence-corrected chi connectivity index (χ2v) is 5.80. The summed E-state index contributed by atoms with van der Waals surface area (Å²) < 4.78 is 5.90. The van der Waals surface area contributed by atoms with Crippen LogP contribution in [0.4, 0.5) is 5.69 Å². The molecule has 2 aromatic carbocycles. The van der Waals surface area contributed by atoms with Crippen molar-refractivity contribution in [2.24, 2.45) is 0 Å². The smallest absolute Gasteiger partial charge is 0.259 e. The van der Waals surface area contributed by atoms with Gasteiger partial charge < -0.3 is 10.1 Å². The van der Waals surface area contributed by atoms with Crippen molar-refractivity contribution < 1.29 is 9.53 Å². The molecule has 114 valence electrons. The molecular formula is C19H21NO2. The molecule has 1 heterocycles. The van der Waals surface area contributed by atoms with E-state index in [4.69, 9.17) is 4.74 Å². The minimum Gasteiger partial charge on any atom is -0.489 e. The average Bonchev–Trinajstić information content (AvgIpc) is 2.83. The number of nitrogens with one attached hydrogen (secondary N) is 1. The normalized spacial score (nSPS) is 19.4. The second-order valence-electron chi connectivity index (χ2n) is 5.80. The topological polar surface area (TPSA) is 38.3 Å². The van der Waals surface area contributed by atoms with E-state index < -0.39 is 0 Å². The molecule has 0 spiro atoms. The first kappa shape index (κ1) is 14.6. The number of fused-ring (bicyclic) bond motifs is 1. The van der Waals surface area contributed by atoms with Crippen molar-refractivity contribution >= 4 is 11.6 Å². The fraction of sp³-hybridized carbons (Fsp3) is 0.316. The van der Waals surface area contributed by atoms with Gasteiger partial charge in [-0.3, -0.25) is 4.79 Å². The molecule has 2 aromatic rings. The van der Waals surface area contributed by atoms with Gasteiger partial charge in [-0.2, -0.15) is 0 Å². The number of rotatable bonds is 3. The maximum Gasteiger partial charge on any atom is 0.259 e. The van der Waals surface area contributed by atoms with Crippen molar-refractivity contribution in [1.29, 1.82) is 0 Å². The molecule has 0 aliphatic carbocycles. The Hall–Kier alpha value is -2.29. The lowest BCUT2D eigenvalue weighted by atomic mass is 9.96. The van der Waals surface area contributed by atoms with Crippen LogP contribution in [0.1, 0.15) is 48.2 Å². The van der Waals surface area contributed by atoms with Crippen molar-refractivity contribution in [3.8, 4) is 5.75 Å². The lowest BCUT2D eigenvalue weighted by molar-refractivity contribution is 0.102. The zero-order chi connectivity index (χ0) is 15.7. The largest absolute Gasteiger partial charge is 0.489 e. The molecule has 22 heavy (non-hydrogen) atoms. The van der Waals surface area contributed by atoms with Crippen molar-refractivity contribution in [2.75, 3.05) is 5.32 Å². The number of benzene rings is 2. The molecule has 0 fully saturated rings. The molecule has 3 rings (SSSR count). The SMILES string of the molecule is CCc1ccccc1NC(=O)c1cccc2c1OC(C)C2C. The van der Waals surface area contributed by atoms with Gasteiger partial charge in [-0.25, -0.2) is 0 Å². The summed E-state index contributed by atoms with van der Waals surface area (Å²) in [5.74, 6) is 0.929. The third kappa shape index (κ3) is 2.47. The van der Waals surface area contributed by atoms with Gasteiger partial charge in [-0.05, 0) is 31.0 Å². The minimum absolute atomic E-state index is 0.104. The van der Waals surface area contributed by atoms with Crippen LogP contribution in [-0.2, 0) is 6.42 Å². The predicted molar refractivity (Wildman–Crippen MR) is 88.7 cm³/mol. The molecule has 0 bridgehead atoms. The molecule has 1 amide bonds. The summed E-state index contributed by atoms with van der Waals surface area (Å²) in [6.07, 6.45) is 0.986. The van der Waals surface area contributed by atoms with E-state index in [0.717, 1.165) is 29.0 Å². The molecule has 0 saturated heterocycles. The lowest BCUT2D eigenvalue weighted by Gasteiger charge is -2.12. The number of para-hydroxylation sites is 2. The summed E-state index contributed by atoms with van der Waals surface area (Å²) in [5, 5.41) is 3.02. The van der Waals surface area contributed by atoms with E-state index in [1.54, 1.807) is 0 Å². The first-order valence-electron chi connectivity index (χ1n) is 7.80. The molecule has 2 atom stereocenters. The van der Waals surface area contributed by atoms with E-state index in [-0.39, 0.29) is 12.0 Å². The van der Waals surface area contributed by atoms with Gasteiger partial charge in [0.1, 0.15) is 11.9 Å². The lowest BCUT2D eigenvalue weighted by Crippen LogP contribution is -2.15. The summed E-state index contributed by atoms with van der Waals surface area (Å²) in [6, 6.07) is 13.7. The van der Waals surface area contributed by atoms with E-state index in [2.05, 4.69) is 19.2 Å². The molecule has 3 nitrogen and oxygen atoms in total. The van der Waals surface area contributed by atoms with Crippen LogP contribution < -0.4 is 10.1 Å². The highest BCUT2D eigenvalue weighted by Gasteiger charge is 2.31. The Kier molecular flexibility index (Phi) is 3.88. The van der Waals surface area contributed by atoms with Crippen LogP contribution in [-0.4, -0.2) is 12.0 Å². The Morgan fingerprint density at radius 1 is 1.14 bits per heavy atom. The van der Waals surface area contributed by atoms with Gasteiger partial charge in [0.05, 0.1) is 5.56 Å². The monoisotopic (exact) mass is 295 g/mol. The van der Waals surface area contributed by atoms with Gasteiger partial charge in [-0.15, -0.1) is 0 Å². The fourth-order valence-electron chi connectivity index (χ4n) is 2.90. The van der Waals surface area contributed by atoms with E-state index in [1.165, 1.54) is 0 Å². The fourth-order valence-corrected chi connectivity index (χ4v) is 2.90. The van der Waals surface area contributed by atoms with Crippen molar-refractivity contribution in [2.45, 2.75) is 39.2 Å². The van der Waals surface area contributed by atoms with Crippen LogP contribution in [0, 0.1) is 0 Å². The second kappa shape index (κ2) is 5.84. The summed E-state index contributed by atoms with van der Waals surface area (Å²) in [7, 11) is 0. The van der Waals surface area contributed by atoms with Crippen molar-refractivity contribution in [3.63, 3.8) is 0 Å². The Morgan fingerprint density at radius 3 is 2.68 bits per heavy atom. The molecule has 3 heteroatoms. The van der Waals surface area contributed by atoms with E-state index in [0.29, 0.717) is 11.5 Å². The minimum atomic E-state index is -0.112. The van der Waals surface area contributed by atoms with Gasteiger partial charge in [0.25, 0.3) is 5.91 Å². The maximum atomic E-state index is 12.7. The average molecular weight is 295 g/mol. The number of hydrogen-bond donors (Lipinski definition) is 1. The first-order valence-corrected chi connectivity index (χ1v) is 7.80. The van der Waals surface area contributed by atoms with Crippen molar-refractivity contribution in [3.05, 3.63) is 59.2 Å². The highest BCUT2D eigenvalue weighted by molar-refractivity contribution is 6.07. The molecule has 0 saturated carbocycles. The van der Waals surface area contributed by atoms with Crippen molar-refractivity contribution in [1.82, 2.24) is 0 Å². The van der Waals surface area contributed by atoms with Crippen LogP contribution in [0.25, 0.3) is 0 Å². The highest BCUT2D eigenvalue weighted by atomic mass is 16.5. The van der Waals surface area contributed by atoms with Gasteiger partial charge in [0.15, 0.2) is 0 Å². The molecule has 1 aliphatic rings. The standard InChI is InChI=1S/C19H21NO2/c1-4-14-8-5-6-11-17(14)20-19(21)16-10-7-9-15-12(2)13(3)22-18(15)16/h5-13H,4H2,1-3H3,(H,20,21). The molecule has 0 aromatic heterocycles. The molecule has 2 unspecified atom stereocenters. The quantitative estimate of drug-likeness (QED) is 0.912. The third-order valence-electron chi connectivity index (χ3n) is 4.44. The maximum absolute atomic E-state index is 12.7. The predicted octanol–water partition coefficient (Wildman–Crippen LogP) is 4.39.